The minimum atomic E-state index is 0. The summed E-state index contributed by atoms with van der Waals surface area (Å²) >= 11 is 0. The monoisotopic (exact) mass is 375 g/mol. The Bertz CT molecular complexity index is 459. The number of hydrogen-bond acceptors (Lipinski definition) is 3. The lowest BCUT2D eigenvalue weighted by Gasteiger charge is -2.25. The number of amides is 1. The molecule has 1 aromatic rings. The fourth-order valence-electron chi connectivity index (χ4n) is 3.14. The Balaban J connectivity index is 0.00000264. The van der Waals surface area contributed by atoms with Gasteiger partial charge in [0, 0.05) is 25.0 Å². The van der Waals surface area contributed by atoms with Crippen molar-refractivity contribution in [3.63, 3.8) is 0 Å². The summed E-state index contributed by atoms with van der Waals surface area (Å²) in [6, 6.07) is 10.7. The molecule has 0 bridgehead atoms. The van der Waals surface area contributed by atoms with Crippen molar-refractivity contribution in [2.24, 2.45) is 11.7 Å². The molecule has 0 spiro atoms. The first-order valence-corrected chi connectivity index (χ1v) is 8.41. The molecule has 0 aromatic heterocycles. The normalized spacial score (nSPS) is 20.0. The highest BCUT2D eigenvalue weighted by Crippen LogP contribution is 2.22. The molecule has 1 aromatic carbocycles. The van der Waals surface area contributed by atoms with Crippen molar-refractivity contribution in [1.29, 1.82) is 0 Å². The molecule has 2 unspecified atom stereocenters. The highest BCUT2D eigenvalue weighted by molar-refractivity contribution is 5.85. The fraction of sp³-hybridized carbons (Fsp3) is 0.611. The van der Waals surface area contributed by atoms with Crippen LogP contribution in [0.3, 0.4) is 0 Å². The Hall–Kier alpha value is -0.810. The van der Waals surface area contributed by atoms with E-state index in [-0.39, 0.29) is 42.7 Å². The van der Waals surface area contributed by atoms with E-state index in [4.69, 9.17) is 5.73 Å². The molecule has 24 heavy (non-hydrogen) atoms. The van der Waals surface area contributed by atoms with Crippen molar-refractivity contribution in [2.45, 2.75) is 44.7 Å². The van der Waals surface area contributed by atoms with Gasteiger partial charge in [0.1, 0.15) is 0 Å². The first-order chi connectivity index (χ1) is 10.6. The summed E-state index contributed by atoms with van der Waals surface area (Å²) in [4.78, 5) is 14.4. The van der Waals surface area contributed by atoms with Gasteiger partial charge in [0.15, 0.2) is 0 Å². The molecule has 6 heteroatoms. The molecule has 0 aliphatic heterocycles. The van der Waals surface area contributed by atoms with E-state index in [1.807, 2.05) is 6.07 Å². The number of halogens is 2. The zero-order valence-electron chi connectivity index (χ0n) is 14.4. The Morgan fingerprint density at radius 2 is 1.96 bits per heavy atom. The zero-order chi connectivity index (χ0) is 15.8. The van der Waals surface area contributed by atoms with Crippen LogP contribution in [-0.2, 0) is 11.3 Å². The molecule has 1 fully saturated rings. The lowest BCUT2D eigenvalue weighted by molar-refractivity contribution is -0.126. The molecule has 138 valence electrons. The Morgan fingerprint density at radius 1 is 1.25 bits per heavy atom. The molecule has 1 aliphatic rings. The summed E-state index contributed by atoms with van der Waals surface area (Å²) in [5.41, 5.74) is 7.27. The van der Waals surface area contributed by atoms with Gasteiger partial charge in [-0.1, -0.05) is 36.8 Å². The van der Waals surface area contributed by atoms with Crippen LogP contribution >= 0.6 is 24.8 Å². The van der Waals surface area contributed by atoms with Gasteiger partial charge >= 0.3 is 0 Å². The van der Waals surface area contributed by atoms with Gasteiger partial charge < -0.3 is 16.0 Å². The van der Waals surface area contributed by atoms with Gasteiger partial charge in [0.2, 0.25) is 5.91 Å². The lowest BCUT2D eigenvalue weighted by Crippen LogP contribution is -2.38. The van der Waals surface area contributed by atoms with Crippen LogP contribution in [0.4, 0.5) is 0 Å². The number of nitrogens with two attached hydrogens (primary N) is 1. The maximum absolute atomic E-state index is 12.1. The van der Waals surface area contributed by atoms with Gasteiger partial charge in [0.05, 0.1) is 0 Å². The Kier molecular flexibility index (Phi) is 12.1. The minimum Gasteiger partial charge on any atom is -0.356 e. The SMILES string of the molecule is CN(CCCNC(=O)C1CCCC(N)C1)Cc1ccccc1.Cl.Cl. The van der Waals surface area contributed by atoms with Crippen LogP contribution in [0.25, 0.3) is 0 Å². The summed E-state index contributed by atoms with van der Waals surface area (Å²) in [5, 5.41) is 3.07. The number of carbonyl (C=O) groups excluding carboxylic acids is 1. The maximum Gasteiger partial charge on any atom is 0.223 e. The quantitative estimate of drug-likeness (QED) is 0.720. The molecular weight excluding hydrogens is 345 g/mol. The highest BCUT2D eigenvalue weighted by atomic mass is 35.5. The van der Waals surface area contributed by atoms with E-state index < -0.39 is 0 Å². The molecule has 0 saturated heterocycles. The third-order valence-corrected chi connectivity index (χ3v) is 4.40. The van der Waals surface area contributed by atoms with Crippen molar-refractivity contribution in [3.05, 3.63) is 35.9 Å². The molecule has 1 aliphatic carbocycles. The smallest absolute Gasteiger partial charge is 0.223 e. The number of rotatable bonds is 7. The molecule has 4 nitrogen and oxygen atoms in total. The van der Waals surface area contributed by atoms with Crippen LogP contribution in [0.5, 0.6) is 0 Å². The predicted molar refractivity (Wildman–Crippen MR) is 105 cm³/mol. The van der Waals surface area contributed by atoms with E-state index in [1.54, 1.807) is 0 Å². The van der Waals surface area contributed by atoms with E-state index in [0.29, 0.717) is 0 Å². The van der Waals surface area contributed by atoms with Gasteiger partial charge in [-0.25, -0.2) is 0 Å². The predicted octanol–water partition coefficient (Wildman–Crippen LogP) is 2.99. The van der Waals surface area contributed by atoms with E-state index >= 15 is 0 Å². The van der Waals surface area contributed by atoms with E-state index in [0.717, 1.165) is 51.7 Å². The Labute approximate surface area is 158 Å². The van der Waals surface area contributed by atoms with Crippen LogP contribution in [0.15, 0.2) is 30.3 Å². The average Bonchev–Trinajstić information content (AvgIpc) is 2.52. The third-order valence-electron chi connectivity index (χ3n) is 4.40. The zero-order valence-corrected chi connectivity index (χ0v) is 16.1. The molecule has 3 N–H and O–H groups in total. The average molecular weight is 376 g/mol. The number of hydrogen-bond donors (Lipinski definition) is 2. The summed E-state index contributed by atoms with van der Waals surface area (Å²) in [6.07, 6.45) is 4.97. The second-order valence-electron chi connectivity index (χ2n) is 6.49. The van der Waals surface area contributed by atoms with Gasteiger partial charge in [-0.05, 0) is 44.8 Å². The van der Waals surface area contributed by atoms with Crippen LogP contribution in [0.2, 0.25) is 0 Å². The highest BCUT2D eigenvalue weighted by Gasteiger charge is 2.24. The maximum atomic E-state index is 12.1. The van der Waals surface area contributed by atoms with Crippen molar-refractivity contribution < 1.29 is 4.79 Å². The number of benzene rings is 1. The summed E-state index contributed by atoms with van der Waals surface area (Å²) in [7, 11) is 2.12. The summed E-state index contributed by atoms with van der Waals surface area (Å²) in [6.45, 7) is 2.69. The van der Waals surface area contributed by atoms with Crippen LogP contribution in [0.1, 0.15) is 37.7 Å². The molecule has 0 radical (unpaired) electrons. The number of nitrogens with one attached hydrogen (secondary N) is 1. The summed E-state index contributed by atoms with van der Waals surface area (Å²) in [5.74, 6) is 0.326. The van der Waals surface area contributed by atoms with Gasteiger partial charge in [0.25, 0.3) is 0 Å². The number of nitrogens with zero attached hydrogens (tertiary/aromatic N) is 1. The van der Waals surface area contributed by atoms with E-state index in [2.05, 4.69) is 41.5 Å². The van der Waals surface area contributed by atoms with Crippen LogP contribution in [0, 0.1) is 5.92 Å². The molecule has 2 atom stereocenters. The van der Waals surface area contributed by atoms with Gasteiger partial charge in [-0.3, -0.25) is 4.79 Å². The van der Waals surface area contributed by atoms with Gasteiger partial charge in [-0.15, -0.1) is 24.8 Å². The largest absolute Gasteiger partial charge is 0.356 e. The van der Waals surface area contributed by atoms with Crippen molar-refractivity contribution >= 4 is 30.7 Å². The minimum absolute atomic E-state index is 0. The van der Waals surface area contributed by atoms with Crippen molar-refractivity contribution in [3.8, 4) is 0 Å². The van der Waals surface area contributed by atoms with Gasteiger partial charge in [-0.2, -0.15) is 0 Å². The molecule has 1 amide bonds. The fourth-order valence-corrected chi connectivity index (χ4v) is 3.14. The topological polar surface area (TPSA) is 58.4 Å². The Morgan fingerprint density at radius 3 is 2.62 bits per heavy atom. The van der Waals surface area contributed by atoms with Crippen molar-refractivity contribution in [2.75, 3.05) is 20.1 Å². The third kappa shape index (κ3) is 8.34. The standard InChI is InChI=1S/C18H29N3O.2ClH/c1-21(14-15-7-3-2-4-8-15)12-6-11-20-18(22)16-9-5-10-17(19)13-16;;/h2-4,7-8,16-17H,5-6,9-14,19H2,1H3,(H,20,22);2*1H. The lowest BCUT2D eigenvalue weighted by atomic mass is 9.85. The first kappa shape index (κ1) is 23.2. The van der Waals surface area contributed by atoms with Crippen LogP contribution in [-0.4, -0.2) is 37.0 Å². The van der Waals surface area contributed by atoms with Crippen molar-refractivity contribution in [1.82, 2.24) is 10.2 Å². The molecule has 2 rings (SSSR count). The second-order valence-corrected chi connectivity index (χ2v) is 6.49. The van der Waals surface area contributed by atoms with E-state index in [1.165, 1.54) is 5.56 Å². The number of carbonyl (C=O) groups is 1. The summed E-state index contributed by atoms with van der Waals surface area (Å²) < 4.78 is 0. The molecule has 1 saturated carbocycles. The van der Waals surface area contributed by atoms with Crippen LogP contribution < -0.4 is 11.1 Å². The van der Waals surface area contributed by atoms with E-state index in [9.17, 15) is 4.79 Å². The first-order valence-electron chi connectivity index (χ1n) is 8.41. The molecule has 0 heterocycles. The molecular formula is C18H31Cl2N3O. The second kappa shape index (κ2) is 12.5.